The zero-order valence-corrected chi connectivity index (χ0v) is 18.8. The van der Waals surface area contributed by atoms with Crippen LogP contribution in [0.4, 0.5) is 13.6 Å². The summed E-state index contributed by atoms with van der Waals surface area (Å²) in [5.74, 6) is -5.03. The van der Waals surface area contributed by atoms with Crippen molar-refractivity contribution in [2.75, 3.05) is 13.8 Å². The molecule has 1 aromatic carbocycles. The first-order valence-corrected chi connectivity index (χ1v) is 10.6. The minimum atomic E-state index is -1.20. The molecule has 12 heteroatoms. The van der Waals surface area contributed by atoms with Crippen molar-refractivity contribution in [3.8, 4) is 11.6 Å². The summed E-state index contributed by atoms with van der Waals surface area (Å²) in [7, 11) is 1.48. The number of phenols is 1. The summed E-state index contributed by atoms with van der Waals surface area (Å²) in [5, 5.41) is 12.0. The molecule has 2 aliphatic heterocycles. The van der Waals surface area contributed by atoms with E-state index in [1.165, 1.54) is 18.1 Å². The Kier molecular flexibility index (Phi) is 6.54. The number of pyridine rings is 1. The van der Waals surface area contributed by atoms with E-state index in [0.717, 1.165) is 22.6 Å². The molecule has 4 amide bonds. The van der Waals surface area contributed by atoms with E-state index >= 15 is 0 Å². The Morgan fingerprint density at radius 3 is 2.66 bits per heavy atom. The lowest BCUT2D eigenvalue weighted by Gasteiger charge is -2.44. The molecule has 10 nitrogen and oxygen atoms in total. The second-order valence-electron chi connectivity index (χ2n) is 8.06. The minimum Gasteiger partial charge on any atom is -0.503 e. The number of amides is 4. The van der Waals surface area contributed by atoms with Crippen molar-refractivity contribution in [1.82, 2.24) is 20.1 Å². The number of rotatable bonds is 6. The summed E-state index contributed by atoms with van der Waals surface area (Å²) in [5.41, 5.74) is 0.740. The molecule has 0 radical (unpaired) electrons. The van der Waals surface area contributed by atoms with Crippen molar-refractivity contribution < 1.29 is 37.7 Å². The van der Waals surface area contributed by atoms with Gasteiger partial charge in [0.05, 0.1) is 25.6 Å². The third-order valence-electron chi connectivity index (χ3n) is 5.79. The number of fused-ring (bicyclic) bond motifs is 1. The smallest absolute Gasteiger partial charge is 0.330 e. The van der Waals surface area contributed by atoms with Gasteiger partial charge in [0.15, 0.2) is 29.9 Å². The molecule has 2 aromatic rings. The molecule has 4 rings (SSSR count). The van der Waals surface area contributed by atoms with E-state index in [9.17, 15) is 28.3 Å². The minimum absolute atomic E-state index is 0.00794. The van der Waals surface area contributed by atoms with Crippen LogP contribution in [-0.2, 0) is 27.4 Å². The second-order valence-corrected chi connectivity index (χ2v) is 8.06. The Morgan fingerprint density at radius 2 is 1.97 bits per heavy atom. The second kappa shape index (κ2) is 9.57. The Labute approximate surface area is 198 Å². The molecule has 1 saturated heterocycles. The monoisotopic (exact) mass is 488 g/mol. The van der Waals surface area contributed by atoms with Crippen molar-refractivity contribution in [3.05, 3.63) is 65.1 Å². The van der Waals surface area contributed by atoms with E-state index in [1.807, 2.05) is 0 Å². The number of hydrogen-bond donors (Lipinski definition) is 2. The van der Waals surface area contributed by atoms with Crippen LogP contribution in [0.25, 0.3) is 0 Å². The lowest BCUT2D eigenvalue weighted by Crippen LogP contribution is -2.62. The van der Waals surface area contributed by atoms with Gasteiger partial charge in [-0.25, -0.2) is 18.6 Å². The number of methoxy groups -OCH3 is 1. The van der Waals surface area contributed by atoms with Gasteiger partial charge in [-0.1, -0.05) is 6.92 Å². The third kappa shape index (κ3) is 4.72. The molecular formula is C23H22F2N4O6. The van der Waals surface area contributed by atoms with Crippen LogP contribution >= 0.6 is 0 Å². The molecule has 2 unspecified atom stereocenters. The lowest BCUT2D eigenvalue weighted by atomic mass is 9.94. The van der Waals surface area contributed by atoms with Gasteiger partial charge in [0.25, 0.3) is 5.91 Å². The zero-order chi connectivity index (χ0) is 25.3. The maximum atomic E-state index is 13.7. The molecule has 0 bridgehead atoms. The number of urea groups is 1. The zero-order valence-electron chi connectivity index (χ0n) is 18.8. The van der Waals surface area contributed by atoms with Gasteiger partial charge in [0.2, 0.25) is 11.8 Å². The number of benzene rings is 1. The van der Waals surface area contributed by atoms with Gasteiger partial charge < -0.3 is 19.9 Å². The van der Waals surface area contributed by atoms with Gasteiger partial charge in [0.1, 0.15) is 0 Å². The highest BCUT2D eigenvalue weighted by Crippen LogP contribution is 2.30. The standard InChI is InChI=1S/C23H22F2N4O6/c1-12-17-8-18(21(31)27-9-13-3-4-26-19(7-13)34-2)35-11-29(17)23(33)28(22(12)32)10-14-5-15(24)20(30)16(25)6-14/h3-8,12,17,30H,9-11H2,1-2H3,(H,27,31). The summed E-state index contributed by atoms with van der Waals surface area (Å²) in [6.07, 6.45) is 2.95. The molecule has 184 valence electrons. The molecular weight excluding hydrogens is 466 g/mol. The summed E-state index contributed by atoms with van der Waals surface area (Å²) < 4.78 is 37.9. The number of carbonyl (C=O) groups excluding carboxylic acids is 3. The SMILES string of the molecule is COc1cc(CNC(=O)C2=CC3C(C)C(=O)N(Cc4cc(F)c(O)c(F)c4)C(=O)N3CO2)ccn1. The highest BCUT2D eigenvalue weighted by Gasteiger charge is 2.45. The predicted molar refractivity (Wildman–Crippen MR) is 115 cm³/mol. The van der Waals surface area contributed by atoms with E-state index in [1.54, 1.807) is 25.3 Å². The first-order valence-electron chi connectivity index (χ1n) is 10.6. The number of hydrogen-bond acceptors (Lipinski definition) is 7. The van der Waals surface area contributed by atoms with Crippen LogP contribution < -0.4 is 10.1 Å². The molecule has 2 N–H and O–H groups in total. The van der Waals surface area contributed by atoms with E-state index in [4.69, 9.17) is 9.47 Å². The highest BCUT2D eigenvalue weighted by atomic mass is 19.1. The number of imide groups is 1. The molecule has 0 spiro atoms. The molecule has 1 aromatic heterocycles. The topological polar surface area (TPSA) is 121 Å². The van der Waals surface area contributed by atoms with Gasteiger partial charge in [-0.05, 0) is 35.4 Å². The van der Waals surface area contributed by atoms with Crippen LogP contribution in [0.3, 0.4) is 0 Å². The molecule has 0 saturated carbocycles. The number of phenolic OH excluding ortho intramolecular Hbond substituents is 1. The number of nitrogens with one attached hydrogen (secondary N) is 1. The summed E-state index contributed by atoms with van der Waals surface area (Å²) in [6, 6.07) is 3.61. The van der Waals surface area contributed by atoms with E-state index in [-0.39, 0.29) is 24.6 Å². The lowest BCUT2D eigenvalue weighted by molar-refractivity contribution is -0.141. The molecule has 2 atom stereocenters. The Balaban J connectivity index is 1.46. The average molecular weight is 488 g/mol. The fraction of sp³-hybridized carbons (Fsp3) is 0.304. The average Bonchev–Trinajstić information content (AvgIpc) is 2.86. The van der Waals surface area contributed by atoms with Crippen molar-refractivity contribution >= 4 is 17.8 Å². The molecule has 0 aliphatic carbocycles. The van der Waals surface area contributed by atoms with Crippen LogP contribution in [0.1, 0.15) is 18.1 Å². The highest BCUT2D eigenvalue weighted by molar-refractivity contribution is 5.99. The number of halogens is 2. The first-order chi connectivity index (χ1) is 16.7. The van der Waals surface area contributed by atoms with Gasteiger partial charge in [-0.15, -0.1) is 0 Å². The number of nitrogens with zero attached hydrogens (tertiary/aromatic N) is 3. The van der Waals surface area contributed by atoms with Crippen molar-refractivity contribution in [3.63, 3.8) is 0 Å². The number of carbonyl (C=O) groups is 3. The molecule has 3 heterocycles. The predicted octanol–water partition coefficient (Wildman–Crippen LogP) is 2.03. The summed E-state index contributed by atoms with van der Waals surface area (Å²) in [4.78, 5) is 44.6. The maximum Gasteiger partial charge on any atom is 0.330 e. The van der Waals surface area contributed by atoms with Gasteiger partial charge in [-0.2, -0.15) is 0 Å². The molecule has 35 heavy (non-hydrogen) atoms. The number of aromatic nitrogens is 1. The fourth-order valence-electron chi connectivity index (χ4n) is 3.88. The Bertz CT molecular complexity index is 1200. The van der Waals surface area contributed by atoms with Crippen molar-refractivity contribution in [2.24, 2.45) is 5.92 Å². The quantitative estimate of drug-likeness (QED) is 0.638. The van der Waals surface area contributed by atoms with Crippen LogP contribution in [0, 0.1) is 17.6 Å². The number of ether oxygens (including phenoxy) is 2. The Hall–Kier alpha value is -4.22. The fourth-order valence-corrected chi connectivity index (χ4v) is 3.88. The van der Waals surface area contributed by atoms with Crippen molar-refractivity contribution in [1.29, 1.82) is 0 Å². The summed E-state index contributed by atoms with van der Waals surface area (Å²) >= 11 is 0. The van der Waals surface area contributed by atoms with Crippen LogP contribution in [-0.4, -0.2) is 57.6 Å². The van der Waals surface area contributed by atoms with Crippen molar-refractivity contribution in [2.45, 2.75) is 26.1 Å². The third-order valence-corrected chi connectivity index (χ3v) is 5.79. The molecule has 2 aliphatic rings. The van der Waals surface area contributed by atoms with Gasteiger partial charge >= 0.3 is 6.03 Å². The van der Waals surface area contributed by atoms with Crippen LogP contribution in [0.5, 0.6) is 11.6 Å². The van der Waals surface area contributed by atoms with Crippen LogP contribution in [0.15, 0.2) is 42.3 Å². The van der Waals surface area contributed by atoms with Crippen LogP contribution in [0.2, 0.25) is 0 Å². The first kappa shape index (κ1) is 23.9. The largest absolute Gasteiger partial charge is 0.503 e. The normalized spacial score (nSPS) is 19.6. The number of aromatic hydroxyl groups is 1. The van der Waals surface area contributed by atoms with Gasteiger partial charge in [0, 0.05) is 18.8 Å². The Morgan fingerprint density at radius 1 is 1.26 bits per heavy atom. The van der Waals surface area contributed by atoms with Gasteiger partial charge in [-0.3, -0.25) is 19.4 Å². The van der Waals surface area contributed by atoms with E-state index in [2.05, 4.69) is 10.3 Å². The molecule has 1 fully saturated rings. The van der Waals surface area contributed by atoms with E-state index in [0.29, 0.717) is 5.88 Å². The summed E-state index contributed by atoms with van der Waals surface area (Å²) in [6.45, 7) is 1.07. The maximum absolute atomic E-state index is 13.7. The van der Waals surface area contributed by atoms with E-state index < -0.39 is 53.7 Å².